The molecule has 8 nitrogen and oxygen atoms in total. The highest BCUT2D eigenvalue weighted by Gasteiger charge is 2.24. The van der Waals surface area contributed by atoms with Crippen LogP contribution < -0.4 is 16.4 Å². The van der Waals surface area contributed by atoms with Gasteiger partial charge in [-0.1, -0.05) is 74.0 Å². The highest BCUT2D eigenvalue weighted by Crippen LogP contribution is 2.16. The molecule has 3 aromatic carbocycles. The lowest BCUT2D eigenvalue weighted by Crippen LogP contribution is -2.48. The van der Waals surface area contributed by atoms with E-state index in [0.717, 1.165) is 29.5 Å². The van der Waals surface area contributed by atoms with Gasteiger partial charge in [-0.25, -0.2) is 0 Å². The summed E-state index contributed by atoms with van der Waals surface area (Å²) in [7, 11) is 0. The number of carbonyl (C=O) groups excluding carboxylic acids is 3. The Morgan fingerprint density at radius 3 is 2.07 bits per heavy atom. The van der Waals surface area contributed by atoms with Crippen LogP contribution in [0.25, 0.3) is 0 Å². The number of aryl methyl sites for hydroxylation is 1. The number of amides is 3. The van der Waals surface area contributed by atoms with E-state index in [2.05, 4.69) is 10.6 Å². The van der Waals surface area contributed by atoms with E-state index in [1.807, 2.05) is 75.4 Å². The maximum absolute atomic E-state index is 13.6. The van der Waals surface area contributed by atoms with E-state index in [4.69, 9.17) is 5.73 Å². The van der Waals surface area contributed by atoms with Crippen molar-refractivity contribution in [3.05, 3.63) is 106 Å². The number of nitrogens with zero attached hydrogens (tertiary/aromatic N) is 1. The van der Waals surface area contributed by atoms with E-state index < -0.39 is 24.0 Å². The molecule has 0 radical (unpaired) electrons. The van der Waals surface area contributed by atoms with Gasteiger partial charge in [0.15, 0.2) is 0 Å². The molecule has 3 amide bonds. The number of hydrogen-bond donors (Lipinski definition) is 4. The second-order valence-corrected chi connectivity index (χ2v) is 10.4. The molecule has 0 aliphatic heterocycles. The predicted molar refractivity (Wildman–Crippen MR) is 162 cm³/mol. The van der Waals surface area contributed by atoms with Gasteiger partial charge in [-0.05, 0) is 55.5 Å². The van der Waals surface area contributed by atoms with E-state index in [9.17, 15) is 19.5 Å². The number of aliphatic hydroxyl groups is 1. The second-order valence-electron chi connectivity index (χ2n) is 10.4. The molecule has 0 saturated carbocycles. The van der Waals surface area contributed by atoms with Gasteiger partial charge in [0.05, 0.1) is 12.1 Å². The average Bonchev–Trinajstić information content (AvgIpc) is 2.97. The van der Waals surface area contributed by atoms with Crippen molar-refractivity contribution in [2.24, 2.45) is 5.73 Å². The zero-order chi connectivity index (χ0) is 29.8. The number of nitrogens with two attached hydrogens (primary N) is 1. The van der Waals surface area contributed by atoms with Crippen LogP contribution in [0.1, 0.15) is 74.5 Å². The largest absolute Gasteiger partial charge is 0.390 e. The SMILES string of the molecule is CCCN(CCC)C(=O)c1cc(C(N)=O)cc(C(=O)N[C@@H](Cc2ccc(C)cc2)[C@H](O)CNCc2ccccc2)c1. The van der Waals surface area contributed by atoms with Crippen LogP contribution in [0.15, 0.2) is 72.8 Å². The molecule has 5 N–H and O–H groups in total. The lowest BCUT2D eigenvalue weighted by molar-refractivity contribution is 0.0755. The Kier molecular flexibility index (Phi) is 12.1. The molecule has 0 saturated heterocycles. The fourth-order valence-electron chi connectivity index (χ4n) is 4.68. The number of hydrogen-bond acceptors (Lipinski definition) is 5. The molecule has 0 fully saturated rings. The zero-order valence-corrected chi connectivity index (χ0v) is 24.2. The van der Waals surface area contributed by atoms with Crippen LogP contribution >= 0.6 is 0 Å². The van der Waals surface area contributed by atoms with Crippen LogP contribution in [-0.4, -0.2) is 59.5 Å². The van der Waals surface area contributed by atoms with Crippen molar-refractivity contribution in [1.82, 2.24) is 15.5 Å². The fourth-order valence-corrected chi connectivity index (χ4v) is 4.68. The monoisotopic (exact) mass is 558 g/mol. The molecule has 0 aliphatic rings. The van der Waals surface area contributed by atoms with Gasteiger partial charge in [-0.3, -0.25) is 14.4 Å². The number of primary amides is 1. The van der Waals surface area contributed by atoms with Crippen LogP contribution in [0.3, 0.4) is 0 Å². The molecule has 0 bridgehead atoms. The van der Waals surface area contributed by atoms with Gasteiger partial charge >= 0.3 is 0 Å². The fraction of sp³-hybridized carbons (Fsp3) is 0.364. The molecule has 0 aliphatic carbocycles. The smallest absolute Gasteiger partial charge is 0.253 e. The number of benzene rings is 3. The van der Waals surface area contributed by atoms with E-state index in [1.165, 1.54) is 18.2 Å². The third kappa shape index (κ3) is 9.55. The maximum Gasteiger partial charge on any atom is 0.253 e. The topological polar surface area (TPSA) is 125 Å². The molecular weight excluding hydrogens is 516 g/mol. The Hall–Kier alpha value is -4.01. The summed E-state index contributed by atoms with van der Waals surface area (Å²) in [5.41, 5.74) is 9.16. The van der Waals surface area contributed by atoms with E-state index in [1.54, 1.807) is 4.90 Å². The summed E-state index contributed by atoms with van der Waals surface area (Å²) in [4.78, 5) is 40.7. The Bertz CT molecular complexity index is 1290. The van der Waals surface area contributed by atoms with Crippen molar-refractivity contribution in [1.29, 1.82) is 0 Å². The van der Waals surface area contributed by atoms with Gasteiger partial charge in [0, 0.05) is 42.9 Å². The molecule has 3 aromatic rings. The van der Waals surface area contributed by atoms with Crippen LogP contribution in [0.4, 0.5) is 0 Å². The molecule has 0 aromatic heterocycles. The van der Waals surface area contributed by atoms with Crippen molar-refractivity contribution < 1.29 is 19.5 Å². The molecule has 2 atom stereocenters. The summed E-state index contributed by atoms with van der Waals surface area (Å²) in [5, 5.41) is 17.4. The van der Waals surface area contributed by atoms with Crippen molar-refractivity contribution in [3.8, 4) is 0 Å². The minimum atomic E-state index is -0.908. The molecule has 8 heteroatoms. The first-order valence-corrected chi connectivity index (χ1v) is 14.2. The second kappa shape index (κ2) is 15.7. The summed E-state index contributed by atoms with van der Waals surface area (Å²) < 4.78 is 0. The van der Waals surface area contributed by atoms with Crippen molar-refractivity contribution in [2.45, 2.75) is 58.7 Å². The molecule has 218 valence electrons. The molecule has 3 rings (SSSR count). The lowest BCUT2D eigenvalue weighted by Gasteiger charge is -2.25. The first-order chi connectivity index (χ1) is 19.7. The Balaban J connectivity index is 1.84. The van der Waals surface area contributed by atoms with Crippen molar-refractivity contribution in [3.63, 3.8) is 0 Å². The van der Waals surface area contributed by atoms with Gasteiger partial charge < -0.3 is 26.4 Å². The van der Waals surface area contributed by atoms with Crippen LogP contribution in [0.5, 0.6) is 0 Å². The van der Waals surface area contributed by atoms with Crippen molar-refractivity contribution >= 4 is 17.7 Å². The number of carbonyl (C=O) groups is 3. The highest BCUT2D eigenvalue weighted by atomic mass is 16.3. The zero-order valence-electron chi connectivity index (χ0n) is 24.2. The van der Waals surface area contributed by atoms with Gasteiger partial charge in [0.2, 0.25) is 5.91 Å². The van der Waals surface area contributed by atoms with E-state index in [0.29, 0.717) is 26.1 Å². The summed E-state index contributed by atoms with van der Waals surface area (Å²) in [5.74, 6) is -1.49. The Morgan fingerprint density at radius 1 is 0.854 bits per heavy atom. The molecule has 0 heterocycles. The van der Waals surface area contributed by atoms with Gasteiger partial charge in [0.1, 0.15) is 0 Å². The quantitative estimate of drug-likeness (QED) is 0.226. The summed E-state index contributed by atoms with van der Waals surface area (Å²) >= 11 is 0. The summed E-state index contributed by atoms with van der Waals surface area (Å²) in [6.45, 7) is 7.93. The summed E-state index contributed by atoms with van der Waals surface area (Å²) in [6, 6.07) is 21.5. The standard InChI is InChI=1S/C33H42N4O4/c1-4-15-37(16-5-2)33(41)28-19-26(31(34)39)18-27(20-28)32(40)36-29(17-24-13-11-23(3)12-14-24)30(38)22-35-21-25-9-7-6-8-10-25/h6-14,18-20,29-30,35,38H,4-5,15-17,21-22H2,1-3H3,(H2,34,39)(H,36,40)/t29-,30+/m0/s1. The molecular formula is C33H42N4O4. The first kappa shape index (κ1) is 31.5. The predicted octanol–water partition coefficient (Wildman–Crippen LogP) is 3.85. The van der Waals surface area contributed by atoms with Crippen LogP contribution in [0.2, 0.25) is 0 Å². The molecule has 0 spiro atoms. The van der Waals surface area contributed by atoms with Gasteiger partial charge in [-0.15, -0.1) is 0 Å². The highest BCUT2D eigenvalue weighted by molar-refractivity contribution is 6.04. The molecule has 41 heavy (non-hydrogen) atoms. The average molecular weight is 559 g/mol. The minimum Gasteiger partial charge on any atom is -0.390 e. The first-order valence-electron chi connectivity index (χ1n) is 14.2. The van der Waals surface area contributed by atoms with Crippen LogP contribution in [-0.2, 0) is 13.0 Å². The third-order valence-corrected chi connectivity index (χ3v) is 6.88. The lowest BCUT2D eigenvalue weighted by atomic mass is 9.98. The van der Waals surface area contributed by atoms with E-state index >= 15 is 0 Å². The van der Waals surface area contributed by atoms with Crippen LogP contribution in [0, 0.1) is 6.92 Å². The van der Waals surface area contributed by atoms with Gasteiger partial charge in [0.25, 0.3) is 11.8 Å². The van der Waals surface area contributed by atoms with Crippen molar-refractivity contribution in [2.75, 3.05) is 19.6 Å². The number of aliphatic hydroxyl groups excluding tert-OH is 1. The Labute approximate surface area is 242 Å². The number of nitrogens with one attached hydrogen (secondary N) is 2. The number of rotatable bonds is 15. The maximum atomic E-state index is 13.6. The van der Waals surface area contributed by atoms with E-state index in [-0.39, 0.29) is 29.1 Å². The third-order valence-electron chi connectivity index (χ3n) is 6.88. The normalized spacial score (nSPS) is 12.4. The van der Waals surface area contributed by atoms with Gasteiger partial charge in [-0.2, -0.15) is 0 Å². The Morgan fingerprint density at radius 2 is 1.46 bits per heavy atom. The summed E-state index contributed by atoms with van der Waals surface area (Å²) in [6.07, 6.45) is 1.05. The minimum absolute atomic E-state index is 0.0779. The molecule has 0 unspecified atom stereocenters.